The van der Waals surface area contributed by atoms with E-state index in [1.165, 1.54) is 0 Å². The maximum Gasteiger partial charge on any atom is 0.264 e. The van der Waals surface area contributed by atoms with Crippen LogP contribution in [0.4, 0.5) is 11.4 Å². The smallest absolute Gasteiger partial charge is 0.264 e. The highest BCUT2D eigenvalue weighted by Gasteiger charge is 2.52. The fourth-order valence-electron chi connectivity index (χ4n) is 4.84. The molecule has 2 amide bonds. The number of nitrogens with one attached hydrogen (secondary N) is 2. The first-order valence-electron chi connectivity index (χ1n) is 12.1. The predicted molar refractivity (Wildman–Crippen MR) is 137 cm³/mol. The molecule has 4 N–H and O–H groups in total. The Labute approximate surface area is 210 Å². The van der Waals surface area contributed by atoms with Crippen molar-refractivity contribution in [2.75, 3.05) is 29.9 Å². The molecular weight excluding hydrogens is 466 g/mol. The molecular formula is C27H32ClN3O4. The van der Waals surface area contributed by atoms with Crippen molar-refractivity contribution in [2.45, 2.75) is 38.3 Å². The van der Waals surface area contributed by atoms with Gasteiger partial charge in [0.25, 0.3) is 5.91 Å². The van der Waals surface area contributed by atoms with Gasteiger partial charge in [0.2, 0.25) is 5.91 Å². The molecule has 0 aromatic heterocycles. The number of aliphatic hydroxyl groups is 2. The van der Waals surface area contributed by atoms with Crippen molar-refractivity contribution in [2.24, 2.45) is 11.8 Å². The number of carbonyl (C=O) groups is 2. The van der Waals surface area contributed by atoms with Gasteiger partial charge < -0.3 is 25.7 Å². The third kappa shape index (κ3) is 5.28. The van der Waals surface area contributed by atoms with Crippen LogP contribution in [0.5, 0.6) is 0 Å². The summed E-state index contributed by atoms with van der Waals surface area (Å²) in [5, 5.41) is 27.4. The highest BCUT2D eigenvalue weighted by atomic mass is 35.5. The van der Waals surface area contributed by atoms with Gasteiger partial charge in [0.1, 0.15) is 0 Å². The van der Waals surface area contributed by atoms with Crippen LogP contribution in [0.15, 0.2) is 54.6 Å². The van der Waals surface area contributed by atoms with Crippen molar-refractivity contribution >= 4 is 34.8 Å². The molecule has 2 aromatic rings. The van der Waals surface area contributed by atoms with Crippen LogP contribution < -0.4 is 15.5 Å². The van der Waals surface area contributed by atoms with Crippen molar-refractivity contribution in [3.8, 4) is 0 Å². The highest BCUT2D eigenvalue weighted by Crippen LogP contribution is 2.46. The van der Waals surface area contributed by atoms with Crippen molar-refractivity contribution < 1.29 is 19.8 Å². The van der Waals surface area contributed by atoms with E-state index in [0.717, 1.165) is 24.9 Å². The summed E-state index contributed by atoms with van der Waals surface area (Å²) in [7, 11) is 0. The summed E-state index contributed by atoms with van der Waals surface area (Å²) in [4.78, 5) is 27.8. The van der Waals surface area contributed by atoms with Gasteiger partial charge in [0.05, 0.1) is 18.2 Å². The zero-order valence-corrected chi connectivity index (χ0v) is 20.6. The monoisotopic (exact) mass is 497 g/mol. The molecule has 0 saturated carbocycles. The van der Waals surface area contributed by atoms with Gasteiger partial charge in [-0.05, 0) is 61.7 Å². The molecule has 4 rings (SSSR count). The molecule has 2 aliphatic heterocycles. The highest BCUT2D eigenvalue weighted by molar-refractivity contribution is 6.31. The number of benzene rings is 2. The topological polar surface area (TPSA) is 102 Å². The van der Waals surface area contributed by atoms with Crippen molar-refractivity contribution in [1.29, 1.82) is 0 Å². The maximum atomic E-state index is 13.6. The van der Waals surface area contributed by atoms with Crippen LogP contribution in [0.1, 0.15) is 37.3 Å². The minimum Gasteiger partial charge on any atom is -0.396 e. The van der Waals surface area contributed by atoms with E-state index in [9.17, 15) is 14.7 Å². The third-order valence-corrected chi connectivity index (χ3v) is 7.05. The van der Waals surface area contributed by atoms with Gasteiger partial charge in [-0.3, -0.25) is 9.59 Å². The maximum absolute atomic E-state index is 13.6. The number of hydrogen-bond donors (Lipinski definition) is 4. The Balaban J connectivity index is 1.57. The Morgan fingerprint density at radius 1 is 1.34 bits per heavy atom. The lowest BCUT2D eigenvalue weighted by Gasteiger charge is -2.28. The molecule has 0 spiro atoms. The first-order chi connectivity index (χ1) is 16.8. The van der Waals surface area contributed by atoms with Crippen LogP contribution in [0.3, 0.4) is 0 Å². The summed E-state index contributed by atoms with van der Waals surface area (Å²) in [6.07, 6.45) is 5.80. The average molecular weight is 498 g/mol. The number of fused-ring (bicyclic) bond motifs is 1. The number of piperidine rings is 1. The fourth-order valence-corrected chi connectivity index (χ4v) is 5.01. The van der Waals surface area contributed by atoms with E-state index in [1.54, 1.807) is 42.2 Å². The molecule has 7 nitrogen and oxygen atoms in total. The largest absolute Gasteiger partial charge is 0.396 e. The molecule has 2 aliphatic rings. The third-order valence-electron chi connectivity index (χ3n) is 6.81. The van der Waals surface area contributed by atoms with E-state index in [1.807, 2.05) is 24.3 Å². The number of rotatable bonds is 8. The van der Waals surface area contributed by atoms with E-state index in [4.69, 9.17) is 16.7 Å². The van der Waals surface area contributed by atoms with Crippen LogP contribution >= 0.6 is 11.6 Å². The van der Waals surface area contributed by atoms with Gasteiger partial charge in [-0.1, -0.05) is 42.8 Å². The molecule has 0 bridgehead atoms. The van der Waals surface area contributed by atoms with Crippen LogP contribution in [0.2, 0.25) is 5.02 Å². The number of halogens is 1. The molecule has 0 radical (unpaired) electrons. The van der Waals surface area contributed by atoms with E-state index >= 15 is 0 Å². The summed E-state index contributed by atoms with van der Waals surface area (Å²) in [5.41, 5.74) is 0.798. The number of hydrogen-bond acceptors (Lipinski definition) is 5. The van der Waals surface area contributed by atoms with E-state index < -0.39 is 17.4 Å². The zero-order valence-electron chi connectivity index (χ0n) is 19.8. The Bertz CT molecular complexity index is 1120. The normalized spacial score (nSPS) is 22.9. The first kappa shape index (κ1) is 25.4. The SMILES string of the molecule is C[C@H](/C=C/CCO)[C@@]1(O)C(=O)N(Cc2cccc(NC(=O)C3CCCNC3)c2)c2ccc(Cl)cc21. The number of nitrogens with zero attached hydrogens (tertiary/aromatic N) is 1. The average Bonchev–Trinajstić information content (AvgIpc) is 3.07. The Kier molecular flexibility index (Phi) is 7.91. The lowest BCUT2D eigenvalue weighted by atomic mass is 9.83. The molecule has 0 aliphatic carbocycles. The molecule has 3 atom stereocenters. The van der Waals surface area contributed by atoms with Crippen molar-refractivity contribution in [1.82, 2.24) is 5.32 Å². The van der Waals surface area contributed by atoms with Crippen molar-refractivity contribution in [3.05, 3.63) is 70.8 Å². The number of carbonyl (C=O) groups excluding carboxylic acids is 2. The van der Waals surface area contributed by atoms with Crippen LogP contribution in [0.25, 0.3) is 0 Å². The molecule has 1 unspecified atom stereocenters. The molecule has 1 saturated heterocycles. The standard InChI is InChI=1S/C27H32ClN3O4/c1-18(6-2-3-13-32)27(35)23-15-21(28)10-11-24(23)31(26(27)34)17-19-7-4-9-22(14-19)30-25(33)20-8-5-12-29-16-20/h2,4,6-7,9-11,14-15,18,20,29,32,35H,3,5,8,12-13,16-17H2,1H3,(H,30,33)/b6-2+/t18-,20?,27+/m1/s1. The quantitative estimate of drug-likeness (QED) is 0.417. The molecule has 186 valence electrons. The lowest BCUT2D eigenvalue weighted by Crippen LogP contribution is -2.44. The van der Waals surface area contributed by atoms with Crippen LogP contribution in [0, 0.1) is 11.8 Å². The molecule has 2 aromatic carbocycles. The minimum absolute atomic E-state index is 0.00568. The Morgan fingerprint density at radius 3 is 2.91 bits per heavy atom. The van der Waals surface area contributed by atoms with Gasteiger partial charge in [-0.15, -0.1) is 0 Å². The van der Waals surface area contributed by atoms with Gasteiger partial charge in [-0.2, -0.15) is 0 Å². The predicted octanol–water partition coefficient (Wildman–Crippen LogP) is 3.59. The molecule has 8 heteroatoms. The lowest BCUT2D eigenvalue weighted by molar-refractivity contribution is -0.139. The van der Waals surface area contributed by atoms with E-state index in [0.29, 0.717) is 34.9 Å². The fraction of sp³-hybridized carbons (Fsp3) is 0.407. The molecule has 35 heavy (non-hydrogen) atoms. The summed E-state index contributed by atoms with van der Waals surface area (Å²) in [6, 6.07) is 12.5. The van der Waals surface area contributed by atoms with Gasteiger partial charge in [0.15, 0.2) is 5.60 Å². The van der Waals surface area contributed by atoms with Crippen LogP contribution in [-0.2, 0) is 21.7 Å². The Morgan fingerprint density at radius 2 is 2.17 bits per heavy atom. The second-order valence-corrected chi connectivity index (χ2v) is 9.72. The van der Waals surface area contributed by atoms with E-state index in [2.05, 4.69) is 10.6 Å². The number of amides is 2. The molecule has 1 fully saturated rings. The second kappa shape index (κ2) is 10.9. The summed E-state index contributed by atoms with van der Waals surface area (Å²) >= 11 is 6.23. The number of anilines is 2. The van der Waals surface area contributed by atoms with E-state index in [-0.39, 0.29) is 25.0 Å². The second-order valence-electron chi connectivity index (χ2n) is 9.28. The van der Waals surface area contributed by atoms with Gasteiger partial charge in [0, 0.05) is 35.3 Å². The summed E-state index contributed by atoms with van der Waals surface area (Å²) < 4.78 is 0. The van der Waals surface area contributed by atoms with Gasteiger partial charge >= 0.3 is 0 Å². The number of aliphatic hydroxyl groups excluding tert-OH is 1. The molecule has 2 heterocycles. The zero-order chi connectivity index (χ0) is 25.0. The van der Waals surface area contributed by atoms with Crippen LogP contribution in [-0.4, -0.2) is 41.7 Å². The Hall–Kier alpha value is -2.71. The minimum atomic E-state index is -1.77. The summed E-state index contributed by atoms with van der Waals surface area (Å²) in [6.45, 7) is 3.62. The summed E-state index contributed by atoms with van der Waals surface area (Å²) in [5.74, 6) is -1.03. The first-order valence-corrected chi connectivity index (χ1v) is 12.4. The van der Waals surface area contributed by atoms with Gasteiger partial charge in [-0.25, -0.2) is 0 Å². The van der Waals surface area contributed by atoms with Crippen molar-refractivity contribution in [3.63, 3.8) is 0 Å².